The van der Waals surface area contributed by atoms with E-state index in [4.69, 9.17) is 9.47 Å². The monoisotopic (exact) mass is 269 g/mol. The zero-order valence-electron chi connectivity index (χ0n) is 11.3. The maximum atomic E-state index is 11.7. The zero-order valence-corrected chi connectivity index (χ0v) is 11.3. The van der Waals surface area contributed by atoms with Crippen molar-refractivity contribution in [1.82, 2.24) is 0 Å². The lowest BCUT2D eigenvalue weighted by molar-refractivity contribution is -0.122. The lowest BCUT2D eigenvalue weighted by atomic mass is 10.0. The lowest BCUT2D eigenvalue weighted by Gasteiger charge is -2.23. The highest BCUT2D eigenvalue weighted by Gasteiger charge is 2.23. The van der Waals surface area contributed by atoms with Crippen LogP contribution in [-0.4, -0.2) is 19.1 Å². The molecule has 4 nitrogen and oxygen atoms in total. The fourth-order valence-electron chi connectivity index (χ4n) is 2.26. The molecule has 1 aliphatic heterocycles. The summed E-state index contributed by atoms with van der Waals surface area (Å²) in [6.45, 7) is 1.73. The largest absolute Gasteiger partial charge is 0.496 e. The molecule has 1 unspecified atom stereocenters. The minimum Gasteiger partial charge on any atom is -0.496 e. The van der Waals surface area contributed by atoms with E-state index >= 15 is 0 Å². The fraction of sp³-hybridized carbons (Fsp3) is 0.188. The van der Waals surface area contributed by atoms with Crippen LogP contribution in [-0.2, 0) is 4.79 Å². The van der Waals surface area contributed by atoms with Crippen molar-refractivity contribution in [3.63, 3.8) is 0 Å². The number of carbonyl (C=O) groups is 1. The number of carbonyl (C=O) groups excluding carboxylic acids is 1. The van der Waals surface area contributed by atoms with Crippen LogP contribution in [0.4, 0.5) is 5.69 Å². The molecule has 2 aromatic rings. The van der Waals surface area contributed by atoms with Gasteiger partial charge in [0, 0.05) is 5.56 Å². The molecule has 1 amide bonds. The molecule has 3 rings (SSSR count). The highest BCUT2D eigenvalue weighted by molar-refractivity contribution is 5.98. The number of hydrogen-bond donors (Lipinski definition) is 1. The van der Waals surface area contributed by atoms with E-state index in [1.54, 1.807) is 14.0 Å². The summed E-state index contributed by atoms with van der Waals surface area (Å²) in [7, 11) is 1.64. The first-order chi connectivity index (χ1) is 9.69. The predicted molar refractivity (Wildman–Crippen MR) is 77.1 cm³/mol. The van der Waals surface area contributed by atoms with E-state index in [0.29, 0.717) is 11.4 Å². The van der Waals surface area contributed by atoms with Crippen molar-refractivity contribution in [2.24, 2.45) is 0 Å². The van der Waals surface area contributed by atoms with Crippen LogP contribution in [0, 0.1) is 0 Å². The van der Waals surface area contributed by atoms with E-state index in [9.17, 15) is 4.79 Å². The molecular weight excluding hydrogens is 254 g/mol. The molecule has 2 aromatic carbocycles. The van der Waals surface area contributed by atoms with Crippen LogP contribution in [0.1, 0.15) is 6.92 Å². The van der Waals surface area contributed by atoms with Gasteiger partial charge in [0.2, 0.25) is 0 Å². The second-order valence-electron chi connectivity index (χ2n) is 4.66. The van der Waals surface area contributed by atoms with Crippen LogP contribution < -0.4 is 14.8 Å². The molecule has 0 fully saturated rings. The molecule has 0 bridgehead atoms. The molecule has 4 heteroatoms. The molecule has 102 valence electrons. The maximum absolute atomic E-state index is 11.7. The summed E-state index contributed by atoms with van der Waals surface area (Å²) in [5.74, 6) is 1.36. The lowest BCUT2D eigenvalue weighted by Crippen LogP contribution is -2.34. The van der Waals surface area contributed by atoms with Crippen LogP contribution in [0.3, 0.4) is 0 Å². The van der Waals surface area contributed by atoms with Crippen molar-refractivity contribution in [1.29, 1.82) is 0 Å². The van der Waals surface area contributed by atoms with Crippen molar-refractivity contribution in [3.05, 3.63) is 42.5 Å². The average Bonchev–Trinajstić information content (AvgIpc) is 2.48. The van der Waals surface area contributed by atoms with E-state index in [0.717, 1.165) is 16.9 Å². The summed E-state index contributed by atoms with van der Waals surface area (Å²) >= 11 is 0. The van der Waals surface area contributed by atoms with Gasteiger partial charge in [-0.25, -0.2) is 0 Å². The van der Waals surface area contributed by atoms with E-state index in [1.165, 1.54) is 0 Å². The number of benzene rings is 2. The normalized spacial score (nSPS) is 16.9. The quantitative estimate of drug-likeness (QED) is 0.911. The van der Waals surface area contributed by atoms with Gasteiger partial charge >= 0.3 is 0 Å². The molecular formula is C16H15NO3. The van der Waals surface area contributed by atoms with Crippen LogP contribution in [0.25, 0.3) is 11.1 Å². The first-order valence-corrected chi connectivity index (χ1v) is 6.44. The molecule has 20 heavy (non-hydrogen) atoms. The number of ether oxygens (including phenoxy) is 2. The third kappa shape index (κ3) is 2.09. The molecule has 0 radical (unpaired) electrons. The summed E-state index contributed by atoms with van der Waals surface area (Å²) < 4.78 is 10.9. The molecule has 0 spiro atoms. The Morgan fingerprint density at radius 3 is 2.80 bits per heavy atom. The minimum atomic E-state index is -0.459. The topological polar surface area (TPSA) is 47.6 Å². The minimum absolute atomic E-state index is 0.130. The second-order valence-corrected chi connectivity index (χ2v) is 4.66. The Morgan fingerprint density at radius 1 is 1.20 bits per heavy atom. The van der Waals surface area contributed by atoms with Gasteiger partial charge in [0.25, 0.3) is 5.91 Å². The van der Waals surface area contributed by atoms with Crippen molar-refractivity contribution in [2.45, 2.75) is 13.0 Å². The summed E-state index contributed by atoms with van der Waals surface area (Å²) in [6, 6.07) is 13.5. The van der Waals surface area contributed by atoms with Crippen LogP contribution in [0.5, 0.6) is 11.5 Å². The number of para-hydroxylation sites is 1. The van der Waals surface area contributed by atoms with Gasteiger partial charge in [0.15, 0.2) is 6.10 Å². The van der Waals surface area contributed by atoms with Crippen LogP contribution in [0.2, 0.25) is 0 Å². The van der Waals surface area contributed by atoms with E-state index in [1.807, 2.05) is 42.5 Å². The number of hydrogen-bond acceptors (Lipinski definition) is 3. The third-order valence-corrected chi connectivity index (χ3v) is 3.33. The van der Waals surface area contributed by atoms with Crippen LogP contribution in [0.15, 0.2) is 42.5 Å². The number of rotatable bonds is 2. The van der Waals surface area contributed by atoms with Crippen molar-refractivity contribution in [3.8, 4) is 22.6 Å². The highest BCUT2D eigenvalue weighted by Crippen LogP contribution is 2.36. The van der Waals surface area contributed by atoms with Crippen molar-refractivity contribution < 1.29 is 14.3 Å². The SMILES string of the molecule is COc1ccccc1-c1ccc2c(c1)NC(=O)C(C)O2. The summed E-state index contributed by atoms with van der Waals surface area (Å²) in [5.41, 5.74) is 2.64. The Morgan fingerprint density at radius 2 is 2.00 bits per heavy atom. The predicted octanol–water partition coefficient (Wildman–Crippen LogP) is 3.08. The van der Waals surface area contributed by atoms with Gasteiger partial charge < -0.3 is 14.8 Å². The average molecular weight is 269 g/mol. The first-order valence-electron chi connectivity index (χ1n) is 6.44. The van der Waals surface area contributed by atoms with Gasteiger partial charge in [-0.15, -0.1) is 0 Å². The number of anilines is 1. The number of amides is 1. The number of fused-ring (bicyclic) bond motifs is 1. The molecule has 1 N–H and O–H groups in total. The molecule has 1 heterocycles. The van der Waals surface area contributed by atoms with Crippen molar-refractivity contribution in [2.75, 3.05) is 12.4 Å². The van der Waals surface area contributed by atoms with E-state index < -0.39 is 6.10 Å². The second kappa shape index (κ2) is 4.89. The Hall–Kier alpha value is -2.49. The maximum Gasteiger partial charge on any atom is 0.265 e. The summed E-state index contributed by atoms with van der Waals surface area (Å²) in [5, 5.41) is 2.85. The van der Waals surface area contributed by atoms with Crippen LogP contribution >= 0.6 is 0 Å². The van der Waals surface area contributed by atoms with Gasteiger partial charge in [-0.2, -0.15) is 0 Å². The van der Waals surface area contributed by atoms with Gasteiger partial charge in [-0.1, -0.05) is 24.3 Å². The molecule has 0 saturated carbocycles. The van der Waals surface area contributed by atoms with Gasteiger partial charge in [-0.05, 0) is 30.7 Å². The molecule has 0 saturated heterocycles. The van der Waals surface area contributed by atoms with E-state index in [2.05, 4.69) is 5.32 Å². The Kier molecular flexibility index (Phi) is 3.06. The summed E-state index contributed by atoms with van der Waals surface area (Å²) in [6.07, 6.45) is -0.459. The standard InChI is InChI=1S/C16H15NO3/c1-10-16(18)17-13-9-11(7-8-15(13)20-10)12-5-3-4-6-14(12)19-2/h3-10H,1-2H3,(H,17,18). The van der Waals surface area contributed by atoms with Gasteiger partial charge in [0.05, 0.1) is 12.8 Å². The van der Waals surface area contributed by atoms with Crippen molar-refractivity contribution >= 4 is 11.6 Å². The van der Waals surface area contributed by atoms with Gasteiger partial charge in [0.1, 0.15) is 11.5 Å². The van der Waals surface area contributed by atoms with E-state index in [-0.39, 0.29) is 5.91 Å². The number of methoxy groups -OCH3 is 1. The smallest absolute Gasteiger partial charge is 0.265 e. The third-order valence-electron chi connectivity index (χ3n) is 3.33. The number of nitrogens with one attached hydrogen (secondary N) is 1. The Balaban J connectivity index is 2.05. The van der Waals surface area contributed by atoms with Gasteiger partial charge in [-0.3, -0.25) is 4.79 Å². The molecule has 1 aliphatic rings. The molecule has 1 atom stereocenters. The first kappa shape index (κ1) is 12.5. The zero-order chi connectivity index (χ0) is 14.1. The Bertz CT molecular complexity index is 667. The molecule has 0 aromatic heterocycles. The Labute approximate surface area is 117 Å². The molecule has 0 aliphatic carbocycles. The highest BCUT2D eigenvalue weighted by atomic mass is 16.5. The fourth-order valence-corrected chi connectivity index (χ4v) is 2.26. The summed E-state index contributed by atoms with van der Waals surface area (Å²) in [4.78, 5) is 11.7.